The van der Waals surface area contributed by atoms with Crippen LogP contribution in [-0.2, 0) is 25.7 Å². The summed E-state index contributed by atoms with van der Waals surface area (Å²) in [6.07, 6.45) is 9.07. The third-order valence-corrected chi connectivity index (χ3v) is 7.07. The second-order valence-corrected chi connectivity index (χ2v) is 10.0. The molecule has 39 heavy (non-hydrogen) atoms. The lowest BCUT2D eigenvalue weighted by atomic mass is 9.97. The van der Waals surface area contributed by atoms with Crippen LogP contribution in [0.3, 0.4) is 0 Å². The minimum absolute atomic E-state index is 0.121. The van der Waals surface area contributed by atoms with Crippen molar-refractivity contribution < 1.29 is 22.6 Å². The lowest BCUT2D eigenvalue weighted by Crippen LogP contribution is -2.02. The van der Waals surface area contributed by atoms with E-state index in [4.69, 9.17) is 4.74 Å². The molecule has 0 saturated heterocycles. The molecule has 2 nitrogen and oxygen atoms in total. The first-order valence-corrected chi connectivity index (χ1v) is 14.0. The number of ether oxygens (including phenoxy) is 2. The van der Waals surface area contributed by atoms with Crippen molar-refractivity contribution in [1.29, 1.82) is 0 Å². The fraction of sp³-hybridized carbons (Fsp3) is 0.353. The van der Waals surface area contributed by atoms with Gasteiger partial charge in [0.1, 0.15) is 17.3 Å². The molecule has 0 radical (unpaired) electrons. The highest BCUT2D eigenvalue weighted by Gasteiger charge is 2.10. The van der Waals surface area contributed by atoms with Crippen LogP contribution in [0.2, 0.25) is 0 Å². The third-order valence-electron chi connectivity index (χ3n) is 7.07. The summed E-state index contributed by atoms with van der Waals surface area (Å²) in [6, 6.07) is 24.6. The Bertz CT molecular complexity index is 1300. The summed E-state index contributed by atoms with van der Waals surface area (Å²) in [5.74, 6) is 0.845. The molecule has 0 aliphatic rings. The number of aryl methyl sites for hydroxylation is 4. The van der Waals surface area contributed by atoms with Crippen LogP contribution in [0.5, 0.6) is 11.5 Å². The van der Waals surface area contributed by atoms with Gasteiger partial charge in [-0.3, -0.25) is 0 Å². The first-order valence-electron chi connectivity index (χ1n) is 14.0. The van der Waals surface area contributed by atoms with Crippen LogP contribution >= 0.6 is 0 Å². The van der Waals surface area contributed by atoms with E-state index < -0.39 is 6.61 Å². The number of fused-ring (bicyclic) bond motifs is 1. The standard InChI is InChI=1S/C34H37F3O2/c1-2-3-4-5-6-23-38-30-18-10-25(11-19-30)7-8-27-14-22-32-29(24-27)17-16-28(33(32)35)15-9-26-12-20-31(21-13-26)39-34(36)37/h10-14,16-22,24,34H,2-9,15,23H2,1H3. The largest absolute Gasteiger partial charge is 0.494 e. The first-order chi connectivity index (χ1) is 19.0. The van der Waals surface area contributed by atoms with E-state index in [0.717, 1.165) is 42.6 Å². The Morgan fingerprint density at radius 2 is 1.26 bits per heavy atom. The highest BCUT2D eigenvalue weighted by molar-refractivity contribution is 5.84. The summed E-state index contributed by atoms with van der Waals surface area (Å²) in [6.45, 7) is 0.148. The molecule has 206 valence electrons. The minimum Gasteiger partial charge on any atom is -0.494 e. The van der Waals surface area contributed by atoms with E-state index in [9.17, 15) is 8.78 Å². The zero-order chi connectivity index (χ0) is 27.5. The Labute approximate surface area is 229 Å². The molecule has 0 heterocycles. The molecule has 4 rings (SSSR count). The van der Waals surface area contributed by atoms with E-state index in [1.54, 1.807) is 12.1 Å². The van der Waals surface area contributed by atoms with E-state index in [1.807, 2.05) is 36.4 Å². The number of halogens is 3. The molecule has 0 fully saturated rings. The van der Waals surface area contributed by atoms with Gasteiger partial charge in [-0.1, -0.05) is 87.2 Å². The smallest absolute Gasteiger partial charge is 0.387 e. The predicted molar refractivity (Wildman–Crippen MR) is 152 cm³/mol. The topological polar surface area (TPSA) is 18.5 Å². The summed E-state index contributed by atoms with van der Waals surface area (Å²) >= 11 is 0. The van der Waals surface area contributed by atoms with Gasteiger partial charge in [-0.15, -0.1) is 0 Å². The minimum atomic E-state index is -2.84. The van der Waals surface area contributed by atoms with Gasteiger partial charge in [-0.05, 0) is 84.0 Å². The molecular formula is C34H37F3O2. The van der Waals surface area contributed by atoms with Crippen LogP contribution in [0.4, 0.5) is 13.2 Å². The summed E-state index contributed by atoms with van der Waals surface area (Å²) in [4.78, 5) is 0. The summed E-state index contributed by atoms with van der Waals surface area (Å²) in [5.41, 5.74) is 4.01. The summed E-state index contributed by atoms with van der Waals surface area (Å²) in [5, 5.41) is 1.51. The van der Waals surface area contributed by atoms with Gasteiger partial charge in [0.05, 0.1) is 6.61 Å². The van der Waals surface area contributed by atoms with Gasteiger partial charge in [-0.2, -0.15) is 8.78 Å². The van der Waals surface area contributed by atoms with Crippen molar-refractivity contribution >= 4 is 10.8 Å². The molecule has 0 amide bonds. The van der Waals surface area contributed by atoms with Gasteiger partial charge in [0.15, 0.2) is 0 Å². The molecule has 0 bridgehead atoms. The molecule has 0 unspecified atom stereocenters. The average Bonchev–Trinajstić information content (AvgIpc) is 2.94. The summed E-state index contributed by atoms with van der Waals surface area (Å²) in [7, 11) is 0. The van der Waals surface area contributed by atoms with Gasteiger partial charge < -0.3 is 9.47 Å². The highest BCUT2D eigenvalue weighted by atomic mass is 19.3. The van der Waals surface area contributed by atoms with E-state index in [1.165, 1.54) is 48.9 Å². The molecule has 0 atom stereocenters. The van der Waals surface area contributed by atoms with Crippen molar-refractivity contribution in [1.82, 2.24) is 0 Å². The van der Waals surface area contributed by atoms with Crippen molar-refractivity contribution in [2.45, 2.75) is 71.3 Å². The predicted octanol–water partition coefficient (Wildman–Crippen LogP) is 9.50. The fourth-order valence-electron chi connectivity index (χ4n) is 4.79. The van der Waals surface area contributed by atoms with Crippen LogP contribution < -0.4 is 9.47 Å². The fourth-order valence-corrected chi connectivity index (χ4v) is 4.79. The van der Waals surface area contributed by atoms with Gasteiger partial charge in [0.25, 0.3) is 0 Å². The Hall–Kier alpha value is -3.47. The normalized spacial score (nSPS) is 11.3. The maximum absolute atomic E-state index is 15.3. The van der Waals surface area contributed by atoms with Crippen molar-refractivity contribution in [3.8, 4) is 11.5 Å². The quantitative estimate of drug-likeness (QED) is 0.141. The number of unbranched alkanes of at least 4 members (excludes halogenated alkanes) is 4. The lowest BCUT2D eigenvalue weighted by molar-refractivity contribution is -0.0498. The molecule has 0 saturated carbocycles. The van der Waals surface area contributed by atoms with Crippen molar-refractivity contribution in [2.24, 2.45) is 0 Å². The number of hydrogen-bond donors (Lipinski definition) is 0. The van der Waals surface area contributed by atoms with Crippen LogP contribution in [0, 0.1) is 5.82 Å². The molecule has 0 spiro atoms. The first kappa shape index (κ1) is 28.5. The lowest BCUT2D eigenvalue weighted by Gasteiger charge is -2.10. The second kappa shape index (κ2) is 14.6. The Morgan fingerprint density at radius 1 is 0.641 bits per heavy atom. The van der Waals surface area contributed by atoms with E-state index >= 15 is 4.39 Å². The number of benzene rings is 4. The summed E-state index contributed by atoms with van der Waals surface area (Å²) < 4.78 is 50.1. The number of hydrogen-bond acceptors (Lipinski definition) is 2. The van der Waals surface area contributed by atoms with Crippen molar-refractivity contribution in [2.75, 3.05) is 6.61 Å². The van der Waals surface area contributed by atoms with Gasteiger partial charge in [0.2, 0.25) is 0 Å². The van der Waals surface area contributed by atoms with E-state index in [0.29, 0.717) is 23.8 Å². The molecule has 0 aliphatic heterocycles. The molecule has 0 N–H and O–H groups in total. The monoisotopic (exact) mass is 534 g/mol. The van der Waals surface area contributed by atoms with Gasteiger partial charge >= 0.3 is 6.61 Å². The highest BCUT2D eigenvalue weighted by Crippen LogP contribution is 2.25. The van der Waals surface area contributed by atoms with E-state index in [2.05, 4.69) is 29.9 Å². The maximum atomic E-state index is 15.3. The van der Waals surface area contributed by atoms with Gasteiger partial charge in [0, 0.05) is 5.39 Å². The number of alkyl halides is 2. The molecule has 4 aromatic rings. The Morgan fingerprint density at radius 3 is 1.95 bits per heavy atom. The third kappa shape index (κ3) is 8.77. The zero-order valence-corrected chi connectivity index (χ0v) is 22.6. The van der Waals surface area contributed by atoms with Crippen LogP contribution in [-0.4, -0.2) is 13.2 Å². The molecular weight excluding hydrogens is 497 g/mol. The Kier molecular flexibility index (Phi) is 10.7. The molecule has 0 aromatic heterocycles. The van der Waals surface area contributed by atoms with Crippen LogP contribution in [0.25, 0.3) is 10.8 Å². The SMILES string of the molecule is CCCCCCCOc1ccc(CCc2ccc3c(F)c(CCc4ccc(OC(F)F)cc4)ccc3c2)cc1. The molecule has 4 aromatic carbocycles. The Balaban J connectivity index is 1.28. The average molecular weight is 535 g/mol. The number of rotatable bonds is 15. The molecule has 5 heteroatoms. The van der Waals surface area contributed by atoms with Crippen molar-refractivity contribution in [3.63, 3.8) is 0 Å². The van der Waals surface area contributed by atoms with Crippen molar-refractivity contribution in [3.05, 3.63) is 107 Å². The van der Waals surface area contributed by atoms with Gasteiger partial charge in [-0.25, -0.2) is 4.39 Å². The zero-order valence-electron chi connectivity index (χ0n) is 22.6. The molecule has 0 aliphatic carbocycles. The maximum Gasteiger partial charge on any atom is 0.387 e. The van der Waals surface area contributed by atoms with Crippen LogP contribution in [0.1, 0.15) is 61.3 Å². The second-order valence-electron chi connectivity index (χ2n) is 10.0. The van der Waals surface area contributed by atoms with Crippen LogP contribution in [0.15, 0.2) is 78.9 Å². The van der Waals surface area contributed by atoms with E-state index in [-0.39, 0.29) is 11.6 Å².